The lowest BCUT2D eigenvalue weighted by Crippen LogP contribution is -2.30. The van der Waals surface area contributed by atoms with Gasteiger partial charge in [0.2, 0.25) is 0 Å². The van der Waals surface area contributed by atoms with Crippen LogP contribution in [0, 0.1) is 0 Å². The number of likely N-dealkylation sites (tertiary alicyclic amines) is 1. The standard InChI is InChI=1S/C24H24N2O5S/c1-28-19-7-6-16(13-21(19)29-2)23-25-17(14-32-23)24(27)26-9-3-4-18(26)15-5-8-20-22(12-15)31-11-10-30-20/h5-8,12-14,18H,3-4,9-11H2,1-2H3/t18-/m0/s1. The van der Waals surface area contributed by atoms with Crippen molar-refractivity contribution in [3.8, 4) is 33.6 Å². The number of hydrogen-bond donors (Lipinski definition) is 0. The van der Waals surface area contributed by atoms with Crippen LogP contribution >= 0.6 is 11.3 Å². The Hall–Kier alpha value is -3.26. The van der Waals surface area contributed by atoms with E-state index in [9.17, 15) is 4.79 Å². The van der Waals surface area contributed by atoms with E-state index in [1.807, 2.05) is 46.7 Å². The third-order valence-electron chi connectivity index (χ3n) is 5.82. The molecular weight excluding hydrogens is 428 g/mol. The quantitative estimate of drug-likeness (QED) is 0.565. The molecule has 0 spiro atoms. The zero-order chi connectivity index (χ0) is 22.1. The van der Waals surface area contributed by atoms with Crippen molar-refractivity contribution < 1.29 is 23.7 Å². The van der Waals surface area contributed by atoms with Crippen LogP contribution in [-0.2, 0) is 0 Å². The minimum atomic E-state index is -0.0506. The van der Waals surface area contributed by atoms with Crippen molar-refractivity contribution in [3.63, 3.8) is 0 Å². The second-order valence-electron chi connectivity index (χ2n) is 7.67. The monoisotopic (exact) mass is 452 g/mol. The SMILES string of the molecule is COc1ccc(-c2nc(C(=O)N3CCC[C@H]3c3ccc4c(c3)OCCO4)cs2)cc1OC. The van der Waals surface area contributed by atoms with Crippen LogP contribution in [0.1, 0.15) is 34.9 Å². The summed E-state index contributed by atoms with van der Waals surface area (Å²) in [4.78, 5) is 19.9. The molecule has 8 heteroatoms. The Morgan fingerprint density at radius 1 is 1.06 bits per heavy atom. The van der Waals surface area contributed by atoms with Crippen molar-refractivity contribution in [1.29, 1.82) is 0 Å². The fraction of sp³-hybridized carbons (Fsp3) is 0.333. The Labute approximate surface area is 190 Å². The number of benzene rings is 2. The Morgan fingerprint density at radius 2 is 1.88 bits per heavy atom. The van der Waals surface area contributed by atoms with Gasteiger partial charge >= 0.3 is 0 Å². The number of amides is 1. The van der Waals surface area contributed by atoms with Gasteiger partial charge in [0.05, 0.1) is 20.3 Å². The molecule has 1 fully saturated rings. The highest BCUT2D eigenvalue weighted by atomic mass is 32.1. The first-order valence-corrected chi connectivity index (χ1v) is 11.4. The molecule has 0 saturated carbocycles. The molecule has 1 amide bonds. The highest BCUT2D eigenvalue weighted by Gasteiger charge is 2.32. The predicted octanol–water partition coefficient (Wildman–Crippen LogP) is 4.58. The van der Waals surface area contributed by atoms with E-state index in [0.717, 1.165) is 40.5 Å². The first kappa shape index (κ1) is 20.6. The zero-order valence-electron chi connectivity index (χ0n) is 18.0. The molecule has 1 aromatic heterocycles. The van der Waals surface area contributed by atoms with Gasteiger partial charge in [-0.3, -0.25) is 4.79 Å². The lowest BCUT2D eigenvalue weighted by atomic mass is 10.0. The maximum atomic E-state index is 13.4. The minimum Gasteiger partial charge on any atom is -0.493 e. The normalized spacial score (nSPS) is 17.3. The van der Waals surface area contributed by atoms with Crippen LogP contribution < -0.4 is 18.9 Å². The van der Waals surface area contributed by atoms with Crippen LogP contribution in [0.5, 0.6) is 23.0 Å². The number of carbonyl (C=O) groups is 1. The van der Waals surface area contributed by atoms with E-state index < -0.39 is 0 Å². The van der Waals surface area contributed by atoms with Gasteiger partial charge in [-0.15, -0.1) is 11.3 Å². The van der Waals surface area contributed by atoms with E-state index in [2.05, 4.69) is 4.98 Å². The first-order chi connectivity index (χ1) is 15.7. The average molecular weight is 453 g/mol. The lowest BCUT2D eigenvalue weighted by Gasteiger charge is -2.26. The maximum Gasteiger partial charge on any atom is 0.273 e. The molecule has 5 rings (SSSR count). The van der Waals surface area contributed by atoms with Crippen LogP contribution in [0.25, 0.3) is 10.6 Å². The van der Waals surface area contributed by atoms with Crippen LogP contribution in [0.2, 0.25) is 0 Å². The Kier molecular flexibility index (Phi) is 5.61. The summed E-state index contributed by atoms with van der Waals surface area (Å²) < 4.78 is 22.1. The summed E-state index contributed by atoms with van der Waals surface area (Å²) in [6, 6.07) is 11.6. The van der Waals surface area contributed by atoms with Crippen LogP contribution in [0.15, 0.2) is 41.8 Å². The molecule has 0 unspecified atom stereocenters. The molecule has 3 aromatic rings. The molecule has 0 radical (unpaired) electrons. The van der Waals surface area contributed by atoms with E-state index >= 15 is 0 Å². The van der Waals surface area contributed by atoms with Gasteiger partial charge in [-0.2, -0.15) is 0 Å². The lowest BCUT2D eigenvalue weighted by molar-refractivity contribution is 0.0730. The summed E-state index contributed by atoms with van der Waals surface area (Å²) in [5.41, 5.74) is 2.41. The molecule has 0 bridgehead atoms. The summed E-state index contributed by atoms with van der Waals surface area (Å²) in [5, 5.41) is 2.59. The van der Waals surface area contributed by atoms with E-state index in [-0.39, 0.29) is 11.9 Å². The summed E-state index contributed by atoms with van der Waals surface area (Å²) >= 11 is 1.45. The highest BCUT2D eigenvalue weighted by Crippen LogP contribution is 2.39. The maximum absolute atomic E-state index is 13.4. The number of aromatic nitrogens is 1. The zero-order valence-corrected chi connectivity index (χ0v) is 18.8. The second-order valence-corrected chi connectivity index (χ2v) is 8.53. The number of rotatable bonds is 5. The smallest absolute Gasteiger partial charge is 0.273 e. The molecule has 1 saturated heterocycles. The molecule has 1 atom stereocenters. The Morgan fingerprint density at radius 3 is 2.69 bits per heavy atom. The molecule has 7 nitrogen and oxygen atoms in total. The molecule has 2 aromatic carbocycles. The topological polar surface area (TPSA) is 70.1 Å². The van der Waals surface area contributed by atoms with Gasteiger partial charge in [0.15, 0.2) is 23.0 Å². The van der Waals surface area contributed by atoms with E-state index in [4.69, 9.17) is 18.9 Å². The van der Waals surface area contributed by atoms with E-state index in [0.29, 0.717) is 37.0 Å². The molecule has 0 aliphatic carbocycles. The van der Waals surface area contributed by atoms with Crippen molar-refractivity contribution in [2.24, 2.45) is 0 Å². The van der Waals surface area contributed by atoms with Gasteiger partial charge in [-0.05, 0) is 48.7 Å². The summed E-state index contributed by atoms with van der Waals surface area (Å²) in [6.45, 7) is 1.81. The van der Waals surface area contributed by atoms with Gasteiger partial charge in [-0.25, -0.2) is 4.98 Å². The van der Waals surface area contributed by atoms with E-state index in [1.165, 1.54) is 11.3 Å². The number of thiazole rings is 1. The Bertz CT molecular complexity index is 1150. The van der Waals surface area contributed by atoms with Crippen molar-refractivity contribution in [2.45, 2.75) is 18.9 Å². The van der Waals surface area contributed by atoms with Gasteiger partial charge < -0.3 is 23.8 Å². The number of carbonyl (C=O) groups excluding carboxylic acids is 1. The average Bonchev–Trinajstić information content (AvgIpc) is 3.53. The van der Waals surface area contributed by atoms with Crippen molar-refractivity contribution in [3.05, 3.63) is 53.0 Å². The number of fused-ring (bicyclic) bond motifs is 1. The summed E-state index contributed by atoms with van der Waals surface area (Å²) in [6.07, 6.45) is 1.87. The molecular formula is C24H24N2O5S. The molecule has 0 N–H and O–H groups in total. The van der Waals surface area contributed by atoms with E-state index in [1.54, 1.807) is 14.2 Å². The summed E-state index contributed by atoms with van der Waals surface area (Å²) in [5.74, 6) is 2.74. The number of hydrogen-bond acceptors (Lipinski definition) is 7. The number of methoxy groups -OCH3 is 2. The largest absolute Gasteiger partial charge is 0.493 e. The third kappa shape index (κ3) is 3.75. The minimum absolute atomic E-state index is 0.00422. The van der Waals surface area contributed by atoms with Crippen molar-refractivity contribution >= 4 is 17.2 Å². The fourth-order valence-corrected chi connectivity index (χ4v) is 5.04. The second kappa shape index (κ2) is 8.70. The molecule has 3 heterocycles. The number of nitrogens with zero attached hydrogens (tertiary/aromatic N) is 2. The molecule has 166 valence electrons. The molecule has 2 aliphatic rings. The molecule has 32 heavy (non-hydrogen) atoms. The van der Waals surface area contributed by atoms with Gasteiger partial charge in [-0.1, -0.05) is 6.07 Å². The van der Waals surface area contributed by atoms with Crippen LogP contribution in [-0.4, -0.2) is 49.8 Å². The first-order valence-electron chi connectivity index (χ1n) is 10.6. The highest BCUT2D eigenvalue weighted by molar-refractivity contribution is 7.13. The van der Waals surface area contributed by atoms with Crippen molar-refractivity contribution in [1.82, 2.24) is 9.88 Å². The Balaban J connectivity index is 1.38. The predicted molar refractivity (Wildman–Crippen MR) is 121 cm³/mol. The molecule has 2 aliphatic heterocycles. The van der Waals surface area contributed by atoms with Crippen molar-refractivity contribution in [2.75, 3.05) is 34.0 Å². The summed E-state index contributed by atoms with van der Waals surface area (Å²) in [7, 11) is 3.20. The fourth-order valence-electron chi connectivity index (χ4n) is 4.24. The number of ether oxygens (including phenoxy) is 4. The van der Waals surface area contributed by atoms with Gasteiger partial charge in [0.25, 0.3) is 5.91 Å². The van der Waals surface area contributed by atoms with Gasteiger partial charge in [0, 0.05) is 17.5 Å². The third-order valence-corrected chi connectivity index (χ3v) is 6.71. The van der Waals surface area contributed by atoms with Crippen LogP contribution in [0.4, 0.5) is 0 Å². The van der Waals surface area contributed by atoms with Crippen LogP contribution in [0.3, 0.4) is 0 Å². The van der Waals surface area contributed by atoms with Gasteiger partial charge in [0.1, 0.15) is 23.9 Å².